The number of hydrogen-bond donors (Lipinski definition) is 1. The molecule has 0 bridgehead atoms. The van der Waals surface area contributed by atoms with Gasteiger partial charge >= 0.3 is 0 Å². The molecule has 20 heavy (non-hydrogen) atoms. The Labute approximate surface area is 127 Å². The largest absolute Gasteiger partial charge is 0.389 e. The van der Waals surface area contributed by atoms with Gasteiger partial charge in [-0.05, 0) is 36.2 Å². The van der Waals surface area contributed by atoms with E-state index in [1.54, 1.807) is 0 Å². The van der Waals surface area contributed by atoms with E-state index < -0.39 is 0 Å². The summed E-state index contributed by atoms with van der Waals surface area (Å²) >= 11 is 5.10. The maximum absolute atomic E-state index is 6.15. The summed E-state index contributed by atoms with van der Waals surface area (Å²) < 4.78 is 6.15. The molecule has 0 aromatic heterocycles. The monoisotopic (exact) mass is 291 g/mol. The minimum absolute atomic E-state index is 0.341. The Kier molecular flexibility index (Phi) is 4.82. The Morgan fingerprint density at radius 2 is 2.05 bits per heavy atom. The maximum atomic E-state index is 6.15. The molecular formula is C17H25NOS. The quantitative estimate of drug-likeness (QED) is 0.850. The molecule has 2 unspecified atom stereocenters. The number of nitrogens with two attached hydrogens (primary N) is 1. The second-order valence-corrected chi connectivity index (χ2v) is 7.31. The van der Waals surface area contributed by atoms with Crippen molar-refractivity contribution in [2.24, 2.45) is 17.1 Å². The second kappa shape index (κ2) is 6.23. The van der Waals surface area contributed by atoms with Gasteiger partial charge in [0.05, 0.1) is 12.7 Å². The zero-order chi connectivity index (χ0) is 14.8. The van der Waals surface area contributed by atoms with Gasteiger partial charge in [0, 0.05) is 5.56 Å². The molecule has 2 rings (SSSR count). The van der Waals surface area contributed by atoms with Crippen molar-refractivity contribution >= 4 is 17.2 Å². The molecule has 110 valence electrons. The predicted octanol–water partition coefficient (Wildman–Crippen LogP) is 4.05. The SMILES string of the molecule is CC1CC(OCc2ccccc2C(N)=S)CC(C)(C)C1. The van der Waals surface area contributed by atoms with Gasteiger partial charge < -0.3 is 10.5 Å². The Morgan fingerprint density at radius 1 is 1.35 bits per heavy atom. The highest BCUT2D eigenvalue weighted by Gasteiger charge is 2.32. The van der Waals surface area contributed by atoms with Crippen LogP contribution < -0.4 is 5.73 Å². The molecule has 1 aliphatic carbocycles. The fourth-order valence-corrected chi connectivity index (χ4v) is 3.68. The van der Waals surface area contributed by atoms with Crippen LogP contribution in [0.1, 0.15) is 51.2 Å². The van der Waals surface area contributed by atoms with E-state index in [0.717, 1.165) is 29.9 Å². The molecule has 1 saturated carbocycles. The highest BCUT2D eigenvalue weighted by atomic mass is 32.1. The van der Waals surface area contributed by atoms with E-state index in [1.165, 1.54) is 6.42 Å². The summed E-state index contributed by atoms with van der Waals surface area (Å²) in [5, 5.41) is 0. The Balaban J connectivity index is 2.00. The summed E-state index contributed by atoms with van der Waals surface area (Å²) in [6.45, 7) is 7.59. The van der Waals surface area contributed by atoms with Crippen molar-refractivity contribution in [1.29, 1.82) is 0 Å². The van der Waals surface area contributed by atoms with E-state index in [4.69, 9.17) is 22.7 Å². The van der Waals surface area contributed by atoms with Crippen LogP contribution in [0.2, 0.25) is 0 Å². The summed E-state index contributed by atoms with van der Waals surface area (Å²) in [4.78, 5) is 0.446. The minimum atomic E-state index is 0.341. The molecule has 0 heterocycles. The van der Waals surface area contributed by atoms with E-state index in [-0.39, 0.29) is 0 Å². The molecule has 0 aliphatic heterocycles. The first-order chi connectivity index (χ1) is 9.37. The lowest BCUT2D eigenvalue weighted by molar-refractivity contribution is -0.0316. The maximum Gasteiger partial charge on any atom is 0.104 e. The van der Waals surface area contributed by atoms with Gasteiger partial charge in [-0.1, -0.05) is 57.3 Å². The van der Waals surface area contributed by atoms with Gasteiger partial charge in [0.2, 0.25) is 0 Å². The first-order valence-corrected chi connectivity index (χ1v) is 7.77. The predicted molar refractivity (Wildman–Crippen MR) is 87.7 cm³/mol. The lowest BCUT2D eigenvalue weighted by Gasteiger charge is -2.38. The number of rotatable bonds is 4. The van der Waals surface area contributed by atoms with E-state index in [1.807, 2.05) is 24.3 Å². The Morgan fingerprint density at radius 3 is 2.70 bits per heavy atom. The van der Waals surface area contributed by atoms with Crippen molar-refractivity contribution in [2.45, 2.75) is 52.7 Å². The topological polar surface area (TPSA) is 35.2 Å². The van der Waals surface area contributed by atoms with Crippen molar-refractivity contribution in [3.05, 3.63) is 35.4 Å². The van der Waals surface area contributed by atoms with Gasteiger partial charge in [0.25, 0.3) is 0 Å². The molecule has 2 atom stereocenters. The van der Waals surface area contributed by atoms with Crippen LogP contribution in [0.5, 0.6) is 0 Å². The van der Waals surface area contributed by atoms with E-state index in [2.05, 4.69) is 20.8 Å². The van der Waals surface area contributed by atoms with E-state index in [9.17, 15) is 0 Å². The number of ether oxygens (including phenoxy) is 1. The van der Waals surface area contributed by atoms with E-state index in [0.29, 0.717) is 23.1 Å². The third kappa shape index (κ3) is 4.03. The van der Waals surface area contributed by atoms with Crippen molar-refractivity contribution in [1.82, 2.24) is 0 Å². The third-order valence-electron chi connectivity index (χ3n) is 4.10. The molecular weight excluding hydrogens is 266 g/mol. The summed E-state index contributed by atoms with van der Waals surface area (Å²) in [6, 6.07) is 7.98. The van der Waals surface area contributed by atoms with Gasteiger partial charge in [-0.2, -0.15) is 0 Å². The number of hydrogen-bond acceptors (Lipinski definition) is 2. The van der Waals surface area contributed by atoms with Crippen LogP contribution in [0, 0.1) is 11.3 Å². The van der Waals surface area contributed by atoms with Crippen molar-refractivity contribution in [3.63, 3.8) is 0 Å². The first kappa shape index (κ1) is 15.5. The summed E-state index contributed by atoms with van der Waals surface area (Å²) in [7, 11) is 0. The molecule has 2 nitrogen and oxygen atoms in total. The fraction of sp³-hybridized carbons (Fsp3) is 0.588. The Hall–Kier alpha value is -0.930. The lowest BCUT2D eigenvalue weighted by atomic mass is 9.71. The van der Waals surface area contributed by atoms with Crippen molar-refractivity contribution in [2.75, 3.05) is 0 Å². The summed E-state index contributed by atoms with van der Waals surface area (Å²) in [6.07, 6.45) is 3.91. The van der Waals surface area contributed by atoms with Crippen LogP contribution in [-0.2, 0) is 11.3 Å². The molecule has 1 aromatic carbocycles. The van der Waals surface area contributed by atoms with Crippen molar-refractivity contribution in [3.8, 4) is 0 Å². The molecule has 0 spiro atoms. The second-order valence-electron chi connectivity index (χ2n) is 6.87. The van der Waals surface area contributed by atoms with Crippen LogP contribution in [0.3, 0.4) is 0 Å². The van der Waals surface area contributed by atoms with Crippen LogP contribution >= 0.6 is 12.2 Å². The van der Waals surface area contributed by atoms with Crippen LogP contribution in [-0.4, -0.2) is 11.1 Å². The molecule has 3 heteroatoms. The Bertz CT molecular complexity index is 484. The molecule has 0 saturated heterocycles. The standard InChI is InChI=1S/C17H25NOS/c1-12-8-14(10-17(2,3)9-12)19-11-13-6-4-5-7-15(13)16(18)20/h4-7,12,14H,8-11H2,1-3H3,(H2,18,20). The first-order valence-electron chi connectivity index (χ1n) is 7.37. The summed E-state index contributed by atoms with van der Waals surface area (Å²) in [5.74, 6) is 0.731. The van der Waals surface area contributed by atoms with Gasteiger partial charge in [-0.25, -0.2) is 0 Å². The van der Waals surface area contributed by atoms with Crippen LogP contribution in [0.4, 0.5) is 0 Å². The van der Waals surface area contributed by atoms with Gasteiger partial charge in [0.15, 0.2) is 0 Å². The highest BCUT2D eigenvalue weighted by Crippen LogP contribution is 2.39. The molecule has 1 aliphatic rings. The summed E-state index contributed by atoms with van der Waals surface area (Å²) in [5.41, 5.74) is 8.17. The molecule has 2 N–H and O–H groups in total. The highest BCUT2D eigenvalue weighted by molar-refractivity contribution is 7.80. The average molecular weight is 291 g/mol. The van der Waals surface area contributed by atoms with E-state index >= 15 is 0 Å². The molecule has 1 fully saturated rings. The minimum Gasteiger partial charge on any atom is -0.389 e. The van der Waals surface area contributed by atoms with Gasteiger partial charge in [-0.15, -0.1) is 0 Å². The zero-order valence-electron chi connectivity index (χ0n) is 12.7. The molecule has 0 amide bonds. The van der Waals surface area contributed by atoms with Crippen molar-refractivity contribution < 1.29 is 4.74 Å². The normalized spacial score (nSPS) is 25.4. The number of benzene rings is 1. The fourth-order valence-electron chi connectivity index (χ4n) is 3.48. The average Bonchev–Trinajstić information content (AvgIpc) is 2.34. The third-order valence-corrected chi connectivity index (χ3v) is 4.32. The van der Waals surface area contributed by atoms with Gasteiger partial charge in [0.1, 0.15) is 4.99 Å². The van der Waals surface area contributed by atoms with Gasteiger partial charge in [-0.3, -0.25) is 0 Å². The van der Waals surface area contributed by atoms with Crippen LogP contribution in [0.25, 0.3) is 0 Å². The molecule has 0 radical (unpaired) electrons. The number of thiocarbonyl (C=S) groups is 1. The molecule has 1 aromatic rings. The smallest absolute Gasteiger partial charge is 0.104 e. The van der Waals surface area contributed by atoms with Crippen LogP contribution in [0.15, 0.2) is 24.3 Å². The zero-order valence-corrected chi connectivity index (χ0v) is 13.5. The lowest BCUT2D eigenvalue weighted by Crippen LogP contribution is -2.32.